The number of pyridine rings is 1. The van der Waals surface area contributed by atoms with Crippen molar-refractivity contribution in [2.24, 2.45) is 0 Å². The maximum Gasteiger partial charge on any atom is 0.257 e. The molecule has 3 heterocycles. The van der Waals surface area contributed by atoms with Crippen LogP contribution in [0.25, 0.3) is 11.0 Å². The third-order valence-corrected chi connectivity index (χ3v) is 5.39. The molecule has 4 rings (SSSR count). The summed E-state index contributed by atoms with van der Waals surface area (Å²) >= 11 is 0. The first kappa shape index (κ1) is 18.5. The first-order chi connectivity index (χ1) is 13.4. The number of aromatic nitrogens is 3. The van der Waals surface area contributed by atoms with Crippen LogP contribution in [-0.2, 0) is 0 Å². The SMILES string of the molecule is Cc1cc(NC(=O)c2cc3cnn(C(C)C)c3nc2C)ccc1N1CCCC1. The largest absolute Gasteiger partial charge is 0.371 e. The number of benzene rings is 1. The van der Waals surface area contributed by atoms with Gasteiger partial charge in [-0.1, -0.05) is 0 Å². The van der Waals surface area contributed by atoms with Gasteiger partial charge in [0.05, 0.1) is 17.5 Å². The van der Waals surface area contributed by atoms with Crippen LogP contribution in [0.15, 0.2) is 30.5 Å². The van der Waals surface area contributed by atoms with E-state index in [-0.39, 0.29) is 11.9 Å². The van der Waals surface area contributed by atoms with Crippen molar-refractivity contribution in [2.45, 2.75) is 46.6 Å². The molecule has 3 aromatic rings. The van der Waals surface area contributed by atoms with Crippen molar-refractivity contribution in [1.29, 1.82) is 0 Å². The molecule has 0 unspecified atom stereocenters. The van der Waals surface area contributed by atoms with Crippen LogP contribution in [0, 0.1) is 13.8 Å². The molecule has 0 bridgehead atoms. The highest BCUT2D eigenvalue weighted by Gasteiger charge is 2.17. The van der Waals surface area contributed by atoms with Gasteiger partial charge in [-0.25, -0.2) is 9.67 Å². The zero-order chi connectivity index (χ0) is 19.8. The molecule has 146 valence electrons. The molecule has 6 heteroatoms. The molecule has 2 aromatic heterocycles. The zero-order valence-electron chi connectivity index (χ0n) is 17.0. The molecular formula is C22H27N5O. The molecule has 0 aliphatic carbocycles. The summed E-state index contributed by atoms with van der Waals surface area (Å²) in [6, 6.07) is 8.24. The number of nitrogens with zero attached hydrogens (tertiary/aromatic N) is 4. The second kappa shape index (κ2) is 7.26. The summed E-state index contributed by atoms with van der Waals surface area (Å²) in [4.78, 5) is 19.9. The number of hydrogen-bond acceptors (Lipinski definition) is 4. The number of carbonyl (C=O) groups excluding carboxylic acids is 1. The fourth-order valence-electron chi connectivity index (χ4n) is 3.92. The van der Waals surface area contributed by atoms with E-state index in [9.17, 15) is 4.79 Å². The monoisotopic (exact) mass is 377 g/mol. The molecule has 1 aliphatic heterocycles. The van der Waals surface area contributed by atoms with Gasteiger partial charge in [0.1, 0.15) is 0 Å². The molecule has 0 spiro atoms. The molecule has 0 radical (unpaired) electrons. The molecule has 1 saturated heterocycles. The van der Waals surface area contributed by atoms with Crippen molar-refractivity contribution in [1.82, 2.24) is 14.8 Å². The molecular weight excluding hydrogens is 350 g/mol. The van der Waals surface area contributed by atoms with Gasteiger partial charge in [0.15, 0.2) is 5.65 Å². The first-order valence-electron chi connectivity index (χ1n) is 9.96. The molecule has 1 aromatic carbocycles. The Labute approximate surface area is 165 Å². The van der Waals surface area contributed by atoms with Crippen molar-refractivity contribution in [2.75, 3.05) is 23.3 Å². The van der Waals surface area contributed by atoms with Crippen LogP contribution < -0.4 is 10.2 Å². The van der Waals surface area contributed by atoms with E-state index in [1.54, 1.807) is 6.20 Å². The van der Waals surface area contributed by atoms with Gasteiger partial charge in [0.25, 0.3) is 5.91 Å². The maximum absolute atomic E-state index is 12.9. The highest BCUT2D eigenvalue weighted by Crippen LogP contribution is 2.27. The Morgan fingerprint density at radius 3 is 2.57 bits per heavy atom. The molecule has 1 N–H and O–H groups in total. The third-order valence-electron chi connectivity index (χ3n) is 5.39. The number of hydrogen-bond donors (Lipinski definition) is 1. The van der Waals surface area contributed by atoms with Gasteiger partial charge < -0.3 is 10.2 Å². The van der Waals surface area contributed by atoms with Gasteiger partial charge in [0.2, 0.25) is 0 Å². The van der Waals surface area contributed by atoms with Crippen LogP contribution in [0.2, 0.25) is 0 Å². The summed E-state index contributed by atoms with van der Waals surface area (Å²) in [5.41, 5.74) is 5.35. The lowest BCUT2D eigenvalue weighted by Gasteiger charge is -2.20. The van der Waals surface area contributed by atoms with Crippen molar-refractivity contribution in [3.8, 4) is 0 Å². The Balaban J connectivity index is 1.58. The standard InChI is InChI=1S/C22H27N5O/c1-14(2)27-21-17(13-23-27)12-19(16(4)24-21)22(28)25-18-7-8-20(15(3)11-18)26-9-5-6-10-26/h7-8,11-14H,5-6,9-10H2,1-4H3,(H,25,28). The van der Waals surface area contributed by atoms with Crippen molar-refractivity contribution >= 4 is 28.3 Å². The second-order valence-electron chi connectivity index (χ2n) is 7.87. The van der Waals surface area contributed by atoms with Gasteiger partial charge in [-0.15, -0.1) is 0 Å². The van der Waals surface area contributed by atoms with E-state index in [1.165, 1.54) is 24.1 Å². The topological polar surface area (TPSA) is 63.1 Å². The Morgan fingerprint density at radius 1 is 1.14 bits per heavy atom. The normalized spacial score (nSPS) is 14.2. The number of rotatable bonds is 4. The first-order valence-corrected chi connectivity index (χ1v) is 9.96. The van der Waals surface area contributed by atoms with Crippen LogP contribution in [0.3, 0.4) is 0 Å². The van der Waals surface area contributed by atoms with E-state index in [2.05, 4.69) is 47.1 Å². The lowest BCUT2D eigenvalue weighted by molar-refractivity contribution is 0.102. The van der Waals surface area contributed by atoms with E-state index >= 15 is 0 Å². The Bertz CT molecular complexity index is 1030. The summed E-state index contributed by atoms with van der Waals surface area (Å²) in [5.74, 6) is -0.141. The number of amides is 1. The minimum absolute atomic E-state index is 0.141. The van der Waals surface area contributed by atoms with E-state index in [0.717, 1.165) is 29.8 Å². The van der Waals surface area contributed by atoms with Crippen LogP contribution >= 0.6 is 0 Å². The highest BCUT2D eigenvalue weighted by atomic mass is 16.1. The summed E-state index contributed by atoms with van der Waals surface area (Å²) < 4.78 is 1.88. The predicted octanol–water partition coefficient (Wildman–Crippen LogP) is 4.48. The molecule has 6 nitrogen and oxygen atoms in total. The minimum Gasteiger partial charge on any atom is -0.371 e. The molecule has 0 saturated carbocycles. The van der Waals surface area contributed by atoms with E-state index in [0.29, 0.717) is 11.3 Å². The maximum atomic E-state index is 12.9. The fourth-order valence-corrected chi connectivity index (χ4v) is 3.92. The second-order valence-corrected chi connectivity index (χ2v) is 7.87. The summed E-state index contributed by atoms with van der Waals surface area (Å²) in [7, 11) is 0. The van der Waals surface area contributed by atoms with E-state index in [1.807, 2.05) is 29.8 Å². The molecule has 28 heavy (non-hydrogen) atoms. The number of fused-ring (bicyclic) bond motifs is 1. The summed E-state index contributed by atoms with van der Waals surface area (Å²) in [5, 5.41) is 8.30. The average Bonchev–Trinajstić information content (AvgIpc) is 3.30. The molecule has 0 atom stereocenters. The average molecular weight is 377 g/mol. The van der Waals surface area contributed by atoms with Crippen molar-refractivity contribution in [3.05, 3.63) is 47.3 Å². The van der Waals surface area contributed by atoms with Gasteiger partial charge in [-0.2, -0.15) is 5.10 Å². The zero-order valence-corrected chi connectivity index (χ0v) is 17.0. The Kier molecular flexibility index (Phi) is 4.79. The number of nitrogens with one attached hydrogen (secondary N) is 1. The van der Waals surface area contributed by atoms with Gasteiger partial charge in [0, 0.05) is 35.9 Å². The highest BCUT2D eigenvalue weighted by molar-refractivity contribution is 6.06. The number of anilines is 2. The van der Waals surface area contributed by atoms with Crippen molar-refractivity contribution < 1.29 is 4.79 Å². The molecule has 1 amide bonds. The Hall–Kier alpha value is -2.89. The fraction of sp³-hybridized carbons (Fsp3) is 0.409. The lowest BCUT2D eigenvalue weighted by Crippen LogP contribution is -2.19. The molecule has 1 aliphatic rings. The van der Waals surface area contributed by atoms with E-state index in [4.69, 9.17) is 0 Å². The van der Waals surface area contributed by atoms with Gasteiger partial charge in [-0.3, -0.25) is 4.79 Å². The quantitative estimate of drug-likeness (QED) is 0.728. The summed E-state index contributed by atoms with van der Waals surface area (Å²) in [6.07, 6.45) is 4.27. The Morgan fingerprint density at radius 2 is 1.89 bits per heavy atom. The minimum atomic E-state index is -0.141. The number of aryl methyl sites for hydroxylation is 2. The van der Waals surface area contributed by atoms with Gasteiger partial charge in [-0.05, 0) is 70.4 Å². The lowest BCUT2D eigenvalue weighted by atomic mass is 10.1. The van der Waals surface area contributed by atoms with Gasteiger partial charge >= 0.3 is 0 Å². The van der Waals surface area contributed by atoms with Crippen LogP contribution in [0.5, 0.6) is 0 Å². The summed E-state index contributed by atoms with van der Waals surface area (Å²) in [6.45, 7) is 10.3. The molecule has 1 fully saturated rings. The predicted molar refractivity (Wildman–Crippen MR) is 113 cm³/mol. The van der Waals surface area contributed by atoms with Crippen molar-refractivity contribution in [3.63, 3.8) is 0 Å². The van der Waals surface area contributed by atoms with E-state index < -0.39 is 0 Å². The smallest absolute Gasteiger partial charge is 0.257 e. The van der Waals surface area contributed by atoms with Crippen LogP contribution in [-0.4, -0.2) is 33.8 Å². The third kappa shape index (κ3) is 3.35. The number of carbonyl (C=O) groups is 1. The van der Waals surface area contributed by atoms with Crippen LogP contribution in [0.4, 0.5) is 11.4 Å². The van der Waals surface area contributed by atoms with Crippen LogP contribution in [0.1, 0.15) is 54.3 Å².